The average molecular weight is 244 g/mol. The van der Waals surface area contributed by atoms with Crippen LogP contribution < -0.4 is 16.2 Å². The molecule has 0 aliphatic rings. The van der Waals surface area contributed by atoms with Crippen molar-refractivity contribution in [2.24, 2.45) is 0 Å². The van der Waals surface area contributed by atoms with Crippen LogP contribution >= 0.6 is 0 Å². The zero-order valence-electron chi connectivity index (χ0n) is 10.0. The molecule has 0 bridgehead atoms. The van der Waals surface area contributed by atoms with Gasteiger partial charge in [-0.25, -0.2) is 0 Å². The van der Waals surface area contributed by atoms with E-state index in [0.29, 0.717) is 24.0 Å². The monoisotopic (exact) mass is 244 g/mol. The topological polar surface area (TPSA) is 87.0 Å². The molecule has 2 aromatic rings. The highest BCUT2D eigenvalue weighted by Crippen LogP contribution is 2.16. The van der Waals surface area contributed by atoms with Crippen molar-refractivity contribution >= 4 is 11.5 Å². The first-order chi connectivity index (χ1) is 8.75. The molecule has 0 aliphatic heterocycles. The van der Waals surface area contributed by atoms with Gasteiger partial charge in [0.2, 0.25) is 5.88 Å². The smallest absolute Gasteiger partial charge is 0.215 e. The fourth-order valence-electron chi connectivity index (χ4n) is 1.55. The molecule has 0 radical (unpaired) electrons. The SMILES string of the molecule is Nc1ccc(OCCCc2ccncc2)nc1N. The third kappa shape index (κ3) is 3.35. The first-order valence-electron chi connectivity index (χ1n) is 5.79. The summed E-state index contributed by atoms with van der Waals surface area (Å²) in [5.74, 6) is 0.818. The van der Waals surface area contributed by atoms with Crippen LogP contribution in [0.15, 0.2) is 36.7 Å². The molecule has 0 saturated heterocycles. The van der Waals surface area contributed by atoms with Crippen molar-refractivity contribution in [2.75, 3.05) is 18.1 Å². The average Bonchev–Trinajstić information content (AvgIpc) is 2.40. The molecule has 18 heavy (non-hydrogen) atoms. The van der Waals surface area contributed by atoms with Crippen molar-refractivity contribution in [3.63, 3.8) is 0 Å². The molecule has 5 heteroatoms. The summed E-state index contributed by atoms with van der Waals surface area (Å²) in [5, 5.41) is 0. The minimum Gasteiger partial charge on any atom is -0.478 e. The molecule has 94 valence electrons. The third-order valence-corrected chi connectivity index (χ3v) is 2.54. The Morgan fingerprint density at radius 3 is 2.56 bits per heavy atom. The Labute approximate surface area is 106 Å². The number of rotatable bonds is 5. The van der Waals surface area contributed by atoms with Crippen molar-refractivity contribution in [3.05, 3.63) is 42.2 Å². The first kappa shape index (κ1) is 12.2. The Morgan fingerprint density at radius 2 is 1.83 bits per heavy atom. The van der Waals surface area contributed by atoms with E-state index in [1.165, 1.54) is 5.56 Å². The Bertz CT molecular complexity index is 502. The number of nitrogens with two attached hydrogens (primary N) is 2. The Kier molecular flexibility index (Phi) is 3.96. The van der Waals surface area contributed by atoms with Crippen LogP contribution in [0.25, 0.3) is 0 Å². The van der Waals surface area contributed by atoms with Gasteiger partial charge in [-0.2, -0.15) is 4.98 Å². The van der Waals surface area contributed by atoms with Gasteiger partial charge in [-0.15, -0.1) is 0 Å². The van der Waals surface area contributed by atoms with E-state index in [1.807, 2.05) is 12.1 Å². The van der Waals surface area contributed by atoms with E-state index in [0.717, 1.165) is 12.8 Å². The van der Waals surface area contributed by atoms with Crippen molar-refractivity contribution in [2.45, 2.75) is 12.8 Å². The molecule has 0 spiro atoms. The van der Waals surface area contributed by atoms with Crippen molar-refractivity contribution in [1.29, 1.82) is 0 Å². The molecule has 4 N–H and O–H groups in total. The van der Waals surface area contributed by atoms with Crippen LogP contribution in [0.3, 0.4) is 0 Å². The fraction of sp³-hybridized carbons (Fsp3) is 0.231. The lowest BCUT2D eigenvalue weighted by molar-refractivity contribution is 0.300. The maximum atomic E-state index is 5.59. The van der Waals surface area contributed by atoms with Crippen molar-refractivity contribution in [1.82, 2.24) is 9.97 Å². The van der Waals surface area contributed by atoms with E-state index < -0.39 is 0 Å². The molecular weight excluding hydrogens is 228 g/mol. The Hall–Kier alpha value is -2.30. The molecular formula is C13H16N4O. The summed E-state index contributed by atoms with van der Waals surface area (Å²) in [5.41, 5.74) is 12.9. The number of nitrogen functional groups attached to an aromatic ring is 2. The second-order valence-corrected chi connectivity index (χ2v) is 3.93. The maximum Gasteiger partial charge on any atom is 0.215 e. The number of aryl methyl sites for hydroxylation is 1. The maximum absolute atomic E-state index is 5.59. The van der Waals surface area contributed by atoms with Gasteiger partial charge in [0.1, 0.15) is 0 Å². The van der Waals surface area contributed by atoms with Crippen molar-refractivity contribution < 1.29 is 4.74 Å². The summed E-state index contributed by atoms with van der Waals surface area (Å²) in [6, 6.07) is 7.41. The van der Waals surface area contributed by atoms with Gasteiger partial charge in [0.25, 0.3) is 0 Å². The third-order valence-electron chi connectivity index (χ3n) is 2.54. The minimum atomic E-state index is 0.307. The van der Waals surface area contributed by atoms with Crippen LogP contribution in [0.5, 0.6) is 5.88 Å². The van der Waals surface area contributed by atoms with Crippen LogP contribution in [-0.2, 0) is 6.42 Å². The molecule has 0 aromatic carbocycles. The number of ether oxygens (including phenoxy) is 1. The lowest BCUT2D eigenvalue weighted by Gasteiger charge is -2.06. The van der Waals surface area contributed by atoms with E-state index in [-0.39, 0.29) is 0 Å². The molecule has 0 fully saturated rings. The van der Waals surface area contributed by atoms with Gasteiger partial charge in [0.05, 0.1) is 12.3 Å². The molecule has 0 amide bonds. The first-order valence-corrected chi connectivity index (χ1v) is 5.79. The molecule has 2 heterocycles. The highest BCUT2D eigenvalue weighted by Gasteiger charge is 2.00. The van der Waals surface area contributed by atoms with E-state index in [9.17, 15) is 0 Å². The molecule has 0 unspecified atom stereocenters. The highest BCUT2D eigenvalue weighted by molar-refractivity contribution is 5.58. The molecule has 5 nitrogen and oxygen atoms in total. The van der Waals surface area contributed by atoms with E-state index in [2.05, 4.69) is 9.97 Å². The lowest BCUT2D eigenvalue weighted by atomic mass is 10.1. The largest absolute Gasteiger partial charge is 0.478 e. The number of hydrogen-bond acceptors (Lipinski definition) is 5. The Balaban J connectivity index is 1.77. The zero-order chi connectivity index (χ0) is 12.8. The van der Waals surface area contributed by atoms with Crippen LogP contribution in [0.2, 0.25) is 0 Å². The number of hydrogen-bond donors (Lipinski definition) is 2. The van der Waals surface area contributed by atoms with Gasteiger partial charge in [-0.3, -0.25) is 4.98 Å². The summed E-state index contributed by atoms with van der Waals surface area (Å²) >= 11 is 0. The summed E-state index contributed by atoms with van der Waals surface area (Å²) in [6.07, 6.45) is 5.44. The number of aromatic nitrogens is 2. The highest BCUT2D eigenvalue weighted by atomic mass is 16.5. The van der Waals surface area contributed by atoms with Crippen molar-refractivity contribution in [3.8, 4) is 5.88 Å². The van der Waals surface area contributed by atoms with E-state index in [1.54, 1.807) is 24.5 Å². The zero-order valence-corrected chi connectivity index (χ0v) is 10.0. The van der Waals surface area contributed by atoms with Gasteiger partial charge in [0, 0.05) is 18.5 Å². The van der Waals surface area contributed by atoms with E-state index in [4.69, 9.17) is 16.2 Å². The van der Waals surface area contributed by atoms with E-state index >= 15 is 0 Å². The fourth-order valence-corrected chi connectivity index (χ4v) is 1.55. The second kappa shape index (κ2) is 5.86. The lowest BCUT2D eigenvalue weighted by Crippen LogP contribution is -2.03. The normalized spacial score (nSPS) is 10.2. The number of anilines is 2. The van der Waals surface area contributed by atoms with Crippen LogP contribution in [-0.4, -0.2) is 16.6 Å². The second-order valence-electron chi connectivity index (χ2n) is 3.93. The molecule has 2 aromatic heterocycles. The summed E-state index contributed by atoms with van der Waals surface area (Å²) in [6.45, 7) is 0.596. The Morgan fingerprint density at radius 1 is 1.06 bits per heavy atom. The molecule has 0 atom stereocenters. The molecule has 0 saturated carbocycles. The number of pyridine rings is 2. The molecule has 2 rings (SSSR count). The summed E-state index contributed by atoms with van der Waals surface area (Å²) in [4.78, 5) is 8.01. The van der Waals surface area contributed by atoms with Crippen LogP contribution in [0, 0.1) is 0 Å². The van der Waals surface area contributed by atoms with Crippen LogP contribution in [0.1, 0.15) is 12.0 Å². The quantitative estimate of drug-likeness (QED) is 0.781. The van der Waals surface area contributed by atoms with Gasteiger partial charge >= 0.3 is 0 Å². The minimum absolute atomic E-state index is 0.307. The van der Waals surface area contributed by atoms with Gasteiger partial charge in [-0.05, 0) is 36.6 Å². The van der Waals surface area contributed by atoms with Crippen LogP contribution in [0.4, 0.5) is 11.5 Å². The summed E-state index contributed by atoms with van der Waals surface area (Å²) in [7, 11) is 0. The number of nitrogens with zero attached hydrogens (tertiary/aromatic N) is 2. The van der Waals surface area contributed by atoms with Gasteiger partial charge in [0.15, 0.2) is 5.82 Å². The predicted molar refractivity (Wildman–Crippen MR) is 71.1 cm³/mol. The molecule has 0 aliphatic carbocycles. The standard InChI is InChI=1S/C13H16N4O/c14-11-3-4-12(17-13(11)15)18-9-1-2-10-5-7-16-8-6-10/h3-8H,1-2,9,14H2,(H2,15,17). The van der Waals surface area contributed by atoms with Gasteiger partial charge in [-0.1, -0.05) is 0 Å². The predicted octanol–water partition coefficient (Wildman–Crippen LogP) is 1.65. The summed E-state index contributed by atoms with van der Waals surface area (Å²) < 4.78 is 5.50. The van der Waals surface area contributed by atoms with Gasteiger partial charge < -0.3 is 16.2 Å².